The van der Waals surface area contributed by atoms with Crippen LogP contribution in [0.5, 0.6) is 11.5 Å². The number of ether oxygens (including phenoxy) is 2. The molecule has 0 saturated heterocycles. The summed E-state index contributed by atoms with van der Waals surface area (Å²) in [5.41, 5.74) is 0.752. The second-order valence-electron chi connectivity index (χ2n) is 8.67. The van der Waals surface area contributed by atoms with Crippen LogP contribution in [0.2, 0.25) is 0 Å². The lowest BCUT2D eigenvalue weighted by atomic mass is 10.0. The molecule has 0 amide bonds. The summed E-state index contributed by atoms with van der Waals surface area (Å²) in [4.78, 5) is 16.4. The molecule has 0 aliphatic rings. The van der Waals surface area contributed by atoms with Crippen molar-refractivity contribution in [2.24, 2.45) is 0 Å². The Morgan fingerprint density at radius 1 is 1.05 bits per heavy atom. The van der Waals surface area contributed by atoms with Crippen molar-refractivity contribution in [1.82, 2.24) is 4.98 Å². The molecule has 5 nitrogen and oxygen atoms in total. The Morgan fingerprint density at radius 2 is 1.81 bits per heavy atom. The molecule has 214 valence electrons. The van der Waals surface area contributed by atoms with Gasteiger partial charge < -0.3 is 9.47 Å². The summed E-state index contributed by atoms with van der Waals surface area (Å²) >= 11 is 0.950. The molecule has 42 heavy (non-hydrogen) atoms. The van der Waals surface area contributed by atoms with E-state index in [1.54, 1.807) is 48.5 Å². The Labute approximate surface area is 242 Å². The third-order valence-electron chi connectivity index (χ3n) is 5.91. The summed E-state index contributed by atoms with van der Waals surface area (Å²) in [5, 5.41) is 9.79. The standard InChI is InChI=1S/C31H21F5N2O3S/c1-40-27-13-11-19(10-12-26(39)21-8-5-9-23(15-21)41-30(32)33)14-22(27)18-42-29-25(17-37)24(20-6-3-2-4-7-20)16-28(38-29)31(34,35)36/h2-16,30H,18H2,1H3/b12-10+. The summed E-state index contributed by atoms with van der Waals surface area (Å²) < 4.78 is 76.0. The van der Waals surface area contributed by atoms with Crippen molar-refractivity contribution in [1.29, 1.82) is 5.26 Å². The molecule has 0 radical (unpaired) electrons. The first kappa shape index (κ1) is 30.3. The van der Waals surface area contributed by atoms with Crippen LogP contribution in [-0.4, -0.2) is 24.5 Å². The van der Waals surface area contributed by atoms with E-state index in [1.165, 1.54) is 43.5 Å². The van der Waals surface area contributed by atoms with Gasteiger partial charge in [0, 0.05) is 22.4 Å². The Kier molecular flexibility index (Phi) is 9.60. The van der Waals surface area contributed by atoms with Crippen molar-refractivity contribution in [2.75, 3.05) is 7.11 Å². The molecule has 0 N–H and O–H groups in total. The second-order valence-corrected chi connectivity index (χ2v) is 9.64. The number of carbonyl (C=O) groups is 1. The summed E-state index contributed by atoms with van der Waals surface area (Å²) in [5.74, 6) is -0.0649. The lowest BCUT2D eigenvalue weighted by Crippen LogP contribution is -2.10. The lowest BCUT2D eigenvalue weighted by molar-refractivity contribution is -0.141. The quantitative estimate of drug-likeness (QED) is 0.0792. The largest absolute Gasteiger partial charge is 0.496 e. The number of nitriles is 1. The van der Waals surface area contributed by atoms with Crippen LogP contribution in [0.15, 0.2) is 90.0 Å². The molecule has 0 aliphatic carbocycles. The minimum Gasteiger partial charge on any atom is -0.496 e. The normalized spacial score (nSPS) is 11.5. The number of hydrogen-bond acceptors (Lipinski definition) is 6. The zero-order valence-electron chi connectivity index (χ0n) is 21.9. The highest BCUT2D eigenvalue weighted by Gasteiger charge is 2.34. The number of thioether (sulfide) groups is 1. The average molecular weight is 597 g/mol. The zero-order valence-corrected chi connectivity index (χ0v) is 22.7. The van der Waals surface area contributed by atoms with Crippen LogP contribution >= 0.6 is 11.8 Å². The number of alkyl halides is 5. The number of halogens is 5. The van der Waals surface area contributed by atoms with Crippen LogP contribution in [-0.2, 0) is 11.9 Å². The maximum atomic E-state index is 13.7. The Bertz CT molecular complexity index is 1650. The first-order valence-corrected chi connectivity index (χ1v) is 13.2. The minimum absolute atomic E-state index is 0.0119. The lowest BCUT2D eigenvalue weighted by Gasteiger charge is -2.15. The Hall–Kier alpha value is -4.69. The highest BCUT2D eigenvalue weighted by molar-refractivity contribution is 7.98. The maximum absolute atomic E-state index is 13.7. The molecule has 0 spiro atoms. The molecule has 0 fully saturated rings. The van der Waals surface area contributed by atoms with Crippen molar-refractivity contribution in [3.05, 3.63) is 113 Å². The molecular weight excluding hydrogens is 575 g/mol. The molecule has 11 heteroatoms. The molecule has 0 unspecified atom stereocenters. The van der Waals surface area contributed by atoms with E-state index in [4.69, 9.17) is 4.74 Å². The monoisotopic (exact) mass is 596 g/mol. The number of carbonyl (C=O) groups excluding carboxylic acids is 1. The molecule has 1 heterocycles. The predicted octanol–water partition coefficient (Wildman–Crippen LogP) is 8.44. The number of rotatable bonds is 10. The smallest absolute Gasteiger partial charge is 0.433 e. The average Bonchev–Trinajstić information content (AvgIpc) is 2.98. The van der Waals surface area contributed by atoms with Crippen LogP contribution in [0.1, 0.15) is 32.7 Å². The number of allylic oxidation sites excluding steroid dienone is 1. The fourth-order valence-electron chi connectivity index (χ4n) is 3.98. The molecule has 4 aromatic rings. The number of methoxy groups -OCH3 is 1. The first-order chi connectivity index (χ1) is 20.1. The maximum Gasteiger partial charge on any atom is 0.433 e. The van der Waals surface area contributed by atoms with Crippen molar-refractivity contribution < 1.29 is 36.2 Å². The van der Waals surface area contributed by atoms with E-state index in [9.17, 15) is 32.0 Å². The van der Waals surface area contributed by atoms with Crippen LogP contribution < -0.4 is 9.47 Å². The van der Waals surface area contributed by atoms with Gasteiger partial charge in [-0.1, -0.05) is 54.6 Å². The van der Waals surface area contributed by atoms with Gasteiger partial charge in [-0.05, 0) is 47.5 Å². The van der Waals surface area contributed by atoms with Crippen LogP contribution in [0, 0.1) is 11.3 Å². The van der Waals surface area contributed by atoms with Crippen LogP contribution in [0.25, 0.3) is 17.2 Å². The SMILES string of the molecule is COc1ccc(/C=C/C(=O)c2cccc(OC(F)F)c2)cc1CSc1nc(C(F)(F)F)cc(-c2ccccc2)c1C#N. The van der Waals surface area contributed by atoms with Crippen LogP contribution in [0.4, 0.5) is 22.0 Å². The fraction of sp³-hybridized carbons (Fsp3) is 0.129. The van der Waals surface area contributed by atoms with Gasteiger partial charge in [0.2, 0.25) is 0 Å². The number of benzene rings is 3. The van der Waals surface area contributed by atoms with Gasteiger partial charge in [-0.25, -0.2) is 4.98 Å². The van der Waals surface area contributed by atoms with Gasteiger partial charge in [0.25, 0.3) is 0 Å². The van der Waals surface area contributed by atoms with Gasteiger partial charge in [0.1, 0.15) is 28.3 Å². The molecule has 0 atom stereocenters. The van der Waals surface area contributed by atoms with Gasteiger partial charge in [0.15, 0.2) is 5.78 Å². The summed E-state index contributed by atoms with van der Waals surface area (Å²) in [6, 6.07) is 21.5. The molecule has 0 saturated carbocycles. The number of nitrogens with zero attached hydrogens (tertiary/aromatic N) is 2. The molecule has 1 aromatic heterocycles. The molecule has 3 aromatic carbocycles. The van der Waals surface area contributed by atoms with Gasteiger partial charge in [-0.3, -0.25) is 4.79 Å². The van der Waals surface area contributed by atoms with Gasteiger partial charge in [0.05, 0.1) is 12.7 Å². The van der Waals surface area contributed by atoms with E-state index >= 15 is 0 Å². The fourth-order valence-corrected chi connectivity index (χ4v) is 4.96. The topological polar surface area (TPSA) is 72.2 Å². The van der Waals surface area contributed by atoms with Crippen molar-refractivity contribution in [3.8, 4) is 28.7 Å². The first-order valence-electron chi connectivity index (χ1n) is 12.2. The third kappa shape index (κ3) is 7.53. The number of hydrogen-bond donors (Lipinski definition) is 0. The van der Waals surface area contributed by atoms with Gasteiger partial charge in [-0.15, -0.1) is 11.8 Å². The van der Waals surface area contributed by atoms with Crippen LogP contribution in [0.3, 0.4) is 0 Å². The third-order valence-corrected chi connectivity index (χ3v) is 6.94. The number of ketones is 1. The number of pyridine rings is 1. The minimum atomic E-state index is -4.73. The highest BCUT2D eigenvalue weighted by atomic mass is 32.2. The van der Waals surface area contributed by atoms with E-state index in [2.05, 4.69) is 9.72 Å². The van der Waals surface area contributed by atoms with Crippen molar-refractivity contribution in [2.45, 2.75) is 23.6 Å². The highest BCUT2D eigenvalue weighted by Crippen LogP contribution is 2.38. The predicted molar refractivity (Wildman–Crippen MR) is 148 cm³/mol. The zero-order chi connectivity index (χ0) is 30.3. The molecule has 0 bridgehead atoms. The Balaban J connectivity index is 1.62. The number of aromatic nitrogens is 1. The Morgan fingerprint density at radius 3 is 2.48 bits per heavy atom. The van der Waals surface area contributed by atoms with E-state index in [0.29, 0.717) is 22.4 Å². The van der Waals surface area contributed by atoms with Crippen molar-refractivity contribution in [3.63, 3.8) is 0 Å². The molecule has 4 rings (SSSR count). The summed E-state index contributed by atoms with van der Waals surface area (Å²) in [6.07, 6.45) is -1.96. The second kappa shape index (κ2) is 13.3. The van der Waals surface area contributed by atoms with E-state index < -0.39 is 24.3 Å². The van der Waals surface area contributed by atoms with E-state index in [-0.39, 0.29) is 33.2 Å². The van der Waals surface area contributed by atoms with Gasteiger partial charge >= 0.3 is 12.8 Å². The summed E-state index contributed by atoms with van der Waals surface area (Å²) in [7, 11) is 1.44. The van der Waals surface area contributed by atoms with E-state index in [1.807, 2.05) is 6.07 Å². The summed E-state index contributed by atoms with van der Waals surface area (Å²) in [6.45, 7) is -3.03. The van der Waals surface area contributed by atoms with Gasteiger partial charge in [-0.2, -0.15) is 27.2 Å². The van der Waals surface area contributed by atoms with E-state index in [0.717, 1.165) is 17.8 Å². The molecule has 0 aliphatic heterocycles. The van der Waals surface area contributed by atoms with Crippen molar-refractivity contribution >= 4 is 23.6 Å². The molecular formula is C31H21F5N2O3S.